The topological polar surface area (TPSA) is 66.0 Å². The highest BCUT2D eigenvalue weighted by Gasteiger charge is 2.16. The summed E-state index contributed by atoms with van der Waals surface area (Å²) in [5.74, 6) is 0.803. The molecule has 1 atom stereocenters. The molecule has 2 rings (SSSR count). The number of halogens is 2. The van der Waals surface area contributed by atoms with Gasteiger partial charge >= 0.3 is 6.61 Å². The molecule has 1 amide bonds. The van der Waals surface area contributed by atoms with Gasteiger partial charge in [0.25, 0.3) is 0 Å². The minimum atomic E-state index is -3.02. The van der Waals surface area contributed by atoms with Gasteiger partial charge in [-0.05, 0) is 37.3 Å². The molecule has 0 heterocycles. The summed E-state index contributed by atoms with van der Waals surface area (Å²) >= 11 is 0. The van der Waals surface area contributed by atoms with Crippen LogP contribution >= 0.6 is 0 Å². The molecule has 0 bridgehead atoms. The van der Waals surface area contributed by atoms with E-state index in [9.17, 15) is 13.6 Å². The second-order valence-corrected chi connectivity index (χ2v) is 5.93. The Morgan fingerprint density at radius 3 is 2.38 bits per heavy atom. The van der Waals surface area contributed by atoms with Crippen molar-refractivity contribution in [2.45, 2.75) is 19.6 Å². The standard InChI is InChI=1S/C21H23F2NO5/c1-13(16-12-15(26-2)9-10-17(16)27-3)24-19(25)11-8-14-6-5-7-18(28-4)20(14)29-21(22)23/h5-13,21H,1-4H3,(H,24,25)/b11-8+/t13-/m0/s1. The fourth-order valence-electron chi connectivity index (χ4n) is 2.72. The first-order valence-electron chi connectivity index (χ1n) is 8.71. The molecule has 6 nitrogen and oxygen atoms in total. The molecule has 0 fully saturated rings. The minimum Gasteiger partial charge on any atom is -0.497 e. The summed E-state index contributed by atoms with van der Waals surface area (Å²) in [6, 6.07) is 9.52. The Labute approximate surface area is 168 Å². The Balaban J connectivity index is 2.18. The SMILES string of the molecule is COc1ccc(OC)c([C@H](C)NC(=O)/C=C/c2cccc(OC)c2OC(F)F)c1. The minimum absolute atomic E-state index is 0.141. The zero-order chi connectivity index (χ0) is 21.4. The van der Waals surface area contributed by atoms with Crippen molar-refractivity contribution in [3.8, 4) is 23.0 Å². The van der Waals surface area contributed by atoms with Crippen LogP contribution in [-0.4, -0.2) is 33.8 Å². The molecule has 0 saturated heterocycles. The zero-order valence-electron chi connectivity index (χ0n) is 16.6. The molecule has 1 N–H and O–H groups in total. The van der Waals surface area contributed by atoms with Crippen LogP contribution in [0.1, 0.15) is 24.1 Å². The number of rotatable bonds is 9. The Morgan fingerprint density at radius 2 is 1.76 bits per heavy atom. The highest BCUT2D eigenvalue weighted by Crippen LogP contribution is 2.33. The second kappa shape index (κ2) is 10.3. The van der Waals surface area contributed by atoms with Gasteiger partial charge in [-0.25, -0.2) is 0 Å². The van der Waals surface area contributed by atoms with E-state index < -0.39 is 12.5 Å². The monoisotopic (exact) mass is 407 g/mol. The average Bonchev–Trinajstić information content (AvgIpc) is 2.71. The van der Waals surface area contributed by atoms with Crippen molar-refractivity contribution in [2.24, 2.45) is 0 Å². The van der Waals surface area contributed by atoms with Crippen molar-refractivity contribution < 1.29 is 32.5 Å². The van der Waals surface area contributed by atoms with E-state index in [-0.39, 0.29) is 23.1 Å². The maximum atomic E-state index is 12.7. The van der Waals surface area contributed by atoms with Gasteiger partial charge in [0.2, 0.25) is 5.91 Å². The summed E-state index contributed by atoms with van der Waals surface area (Å²) in [6.07, 6.45) is 2.61. The van der Waals surface area contributed by atoms with Crippen molar-refractivity contribution in [3.63, 3.8) is 0 Å². The summed E-state index contributed by atoms with van der Waals surface area (Å²) in [5, 5.41) is 2.80. The molecular formula is C21H23F2NO5. The first kappa shape index (κ1) is 22.0. The fraction of sp³-hybridized carbons (Fsp3) is 0.286. The third kappa shape index (κ3) is 5.84. The third-order valence-corrected chi connectivity index (χ3v) is 4.11. The van der Waals surface area contributed by atoms with Gasteiger partial charge < -0.3 is 24.3 Å². The van der Waals surface area contributed by atoms with Crippen LogP contribution in [0.2, 0.25) is 0 Å². The van der Waals surface area contributed by atoms with Crippen LogP contribution in [0.5, 0.6) is 23.0 Å². The van der Waals surface area contributed by atoms with Crippen molar-refractivity contribution in [2.75, 3.05) is 21.3 Å². The smallest absolute Gasteiger partial charge is 0.387 e. The predicted octanol–water partition coefficient (Wildman–Crippen LogP) is 4.20. The lowest BCUT2D eigenvalue weighted by Crippen LogP contribution is -2.25. The van der Waals surface area contributed by atoms with Gasteiger partial charge in [0.15, 0.2) is 11.5 Å². The van der Waals surface area contributed by atoms with Gasteiger partial charge in [-0.2, -0.15) is 8.78 Å². The van der Waals surface area contributed by atoms with Crippen LogP contribution in [0.3, 0.4) is 0 Å². The lowest BCUT2D eigenvalue weighted by molar-refractivity contribution is -0.117. The number of hydrogen-bond donors (Lipinski definition) is 1. The molecule has 0 unspecified atom stereocenters. The highest BCUT2D eigenvalue weighted by atomic mass is 19.3. The second-order valence-electron chi connectivity index (χ2n) is 5.93. The van der Waals surface area contributed by atoms with Crippen molar-refractivity contribution in [3.05, 3.63) is 53.6 Å². The number of nitrogens with one attached hydrogen (secondary N) is 1. The largest absolute Gasteiger partial charge is 0.497 e. The Bertz CT molecular complexity index is 870. The van der Waals surface area contributed by atoms with E-state index in [2.05, 4.69) is 10.1 Å². The molecule has 0 aromatic heterocycles. The molecule has 2 aromatic carbocycles. The number of para-hydroxylation sites is 1. The fourth-order valence-corrected chi connectivity index (χ4v) is 2.72. The first-order chi connectivity index (χ1) is 13.9. The first-order valence-corrected chi connectivity index (χ1v) is 8.71. The molecule has 0 radical (unpaired) electrons. The van der Waals surface area contributed by atoms with E-state index in [1.807, 2.05) is 0 Å². The van der Waals surface area contributed by atoms with Crippen molar-refractivity contribution in [1.29, 1.82) is 0 Å². The van der Waals surface area contributed by atoms with Crippen molar-refractivity contribution >= 4 is 12.0 Å². The lowest BCUT2D eigenvalue weighted by Gasteiger charge is -2.17. The Kier molecular flexibility index (Phi) is 7.82. The molecule has 8 heteroatoms. The molecule has 0 aliphatic carbocycles. The lowest BCUT2D eigenvalue weighted by atomic mass is 10.1. The van der Waals surface area contributed by atoms with E-state index in [0.717, 1.165) is 5.56 Å². The van der Waals surface area contributed by atoms with Gasteiger partial charge in [-0.3, -0.25) is 4.79 Å². The number of carbonyl (C=O) groups excluding carboxylic acids is 1. The van der Waals surface area contributed by atoms with E-state index in [1.54, 1.807) is 44.4 Å². The Hall–Kier alpha value is -3.29. The van der Waals surface area contributed by atoms with Gasteiger partial charge in [-0.15, -0.1) is 0 Å². The predicted molar refractivity (Wildman–Crippen MR) is 105 cm³/mol. The molecule has 29 heavy (non-hydrogen) atoms. The maximum absolute atomic E-state index is 12.7. The summed E-state index contributed by atoms with van der Waals surface area (Å²) in [4.78, 5) is 12.4. The molecule has 2 aromatic rings. The number of alkyl halides is 2. The molecule has 0 aliphatic heterocycles. The number of ether oxygens (including phenoxy) is 4. The number of carbonyl (C=O) groups is 1. The van der Waals surface area contributed by atoms with Crippen LogP contribution in [0, 0.1) is 0 Å². The average molecular weight is 407 g/mol. The summed E-state index contributed by atoms with van der Waals surface area (Å²) in [6.45, 7) is -1.23. The van der Waals surface area contributed by atoms with E-state index in [0.29, 0.717) is 11.5 Å². The number of methoxy groups -OCH3 is 3. The summed E-state index contributed by atoms with van der Waals surface area (Å²) in [5.41, 5.74) is 1.02. The summed E-state index contributed by atoms with van der Waals surface area (Å²) in [7, 11) is 4.43. The molecule has 0 aliphatic rings. The van der Waals surface area contributed by atoms with Crippen LogP contribution < -0.4 is 24.3 Å². The summed E-state index contributed by atoms with van der Waals surface area (Å²) < 4.78 is 45.5. The quantitative estimate of drug-likeness (QED) is 0.631. The zero-order valence-corrected chi connectivity index (χ0v) is 16.6. The molecular weight excluding hydrogens is 384 g/mol. The molecule has 156 valence electrons. The normalized spacial score (nSPS) is 12.0. The Morgan fingerprint density at radius 1 is 1.03 bits per heavy atom. The molecule has 0 saturated carbocycles. The highest BCUT2D eigenvalue weighted by molar-refractivity contribution is 5.92. The van der Waals surface area contributed by atoms with Crippen molar-refractivity contribution in [1.82, 2.24) is 5.32 Å². The van der Waals surface area contributed by atoms with Gasteiger partial charge in [0, 0.05) is 17.2 Å². The van der Waals surface area contributed by atoms with Crippen LogP contribution in [0.4, 0.5) is 8.78 Å². The number of hydrogen-bond acceptors (Lipinski definition) is 5. The van der Waals surface area contributed by atoms with Gasteiger partial charge in [0.1, 0.15) is 11.5 Å². The van der Waals surface area contributed by atoms with Crippen LogP contribution in [-0.2, 0) is 4.79 Å². The number of benzene rings is 2. The van der Waals surface area contributed by atoms with Crippen LogP contribution in [0.25, 0.3) is 6.08 Å². The maximum Gasteiger partial charge on any atom is 0.387 e. The van der Waals surface area contributed by atoms with E-state index in [1.165, 1.54) is 32.4 Å². The number of amides is 1. The van der Waals surface area contributed by atoms with Gasteiger partial charge in [-0.1, -0.05) is 12.1 Å². The van der Waals surface area contributed by atoms with Crippen LogP contribution in [0.15, 0.2) is 42.5 Å². The van der Waals surface area contributed by atoms with E-state index >= 15 is 0 Å². The third-order valence-electron chi connectivity index (χ3n) is 4.11. The van der Waals surface area contributed by atoms with E-state index in [4.69, 9.17) is 14.2 Å². The molecule has 0 spiro atoms. The van der Waals surface area contributed by atoms with Gasteiger partial charge in [0.05, 0.1) is 27.4 Å².